The average molecular weight is 145 g/mol. The van der Waals surface area contributed by atoms with E-state index >= 15 is 0 Å². The predicted molar refractivity (Wildman–Crippen MR) is 49.4 cm³/mol. The van der Waals surface area contributed by atoms with Gasteiger partial charge in [-0.15, -0.1) is 0 Å². The van der Waals surface area contributed by atoms with Crippen molar-refractivity contribution in [1.29, 1.82) is 0 Å². The summed E-state index contributed by atoms with van der Waals surface area (Å²) < 4.78 is 0. The zero-order valence-electron chi connectivity index (χ0n) is 8.41. The number of rotatable bonds is 3. The molecule has 0 saturated heterocycles. The van der Waals surface area contributed by atoms with Gasteiger partial charge in [0.25, 0.3) is 0 Å². The Morgan fingerprint density at radius 1 is 1.20 bits per heavy atom. The molecule has 0 bridgehead atoms. The lowest BCUT2D eigenvalue weighted by molar-refractivity contribution is 0.389. The van der Waals surface area contributed by atoms with Crippen LogP contribution in [-0.2, 0) is 0 Å². The van der Waals surface area contributed by atoms with E-state index in [9.17, 15) is 0 Å². The van der Waals surface area contributed by atoms with Gasteiger partial charge in [-0.1, -0.05) is 27.2 Å². The van der Waals surface area contributed by atoms with Crippen molar-refractivity contribution >= 4 is 0 Å². The molecule has 10 heavy (non-hydrogen) atoms. The van der Waals surface area contributed by atoms with Gasteiger partial charge in [0.2, 0.25) is 0 Å². The first-order chi connectivity index (χ1) is 4.62. The second-order valence-electron chi connectivity index (χ2n) is 2.88. The summed E-state index contributed by atoms with van der Waals surface area (Å²) in [6.07, 6.45) is 2.51. The highest BCUT2D eigenvalue weighted by molar-refractivity contribution is 4.73. The van der Waals surface area contributed by atoms with E-state index in [1.807, 2.05) is 20.9 Å². The second-order valence-corrected chi connectivity index (χ2v) is 2.88. The van der Waals surface area contributed by atoms with Gasteiger partial charge < -0.3 is 5.32 Å². The first-order valence-corrected chi connectivity index (χ1v) is 4.31. The third-order valence-corrected chi connectivity index (χ3v) is 1.55. The predicted octanol–water partition coefficient (Wildman–Crippen LogP) is 2.81. The summed E-state index contributed by atoms with van der Waals surface area (Å²) in [6, 6.07) is 0. The molecule has 1 N–H and O–H groups in total. The van der Waals surface area contributed by atoms with Gasteiger partial charge >= 0.3 is 0 Å². The summed E-state index contributed by atoms with van der Waals surface area (Å²) in [7, 11) is 2.01. The molecular weight excluding hydrogens is 122 g/mol. The van der Waals surface area contributed by atoms with Crippen molar-refractivity contribution in [2.75, 3.05) is 7.05 Å². The highest BCUT2D eigenvalue weighted by Gasteiger charge is 2.11. The molecule has 0 unspecified atom stereocenters. The molecule has 0 fully saturated rings. The summed E-state index contributed by atoms with van der Waals surface area (Å²) in [6.45, 7) is 10.6. The molecule has 0 amide bonds. The highest BCUT2D eigenvalue weighted by Crippen LogP contribution is 2.08. The van der Waals surface area contributed by atoms with Gasteiger partial charge in [0.1, 0.15) is 0 Å². The van der Waals surface area contributed by atoms with Crippen LogP contribution in [0, 0.1) is 0 Å². The Balaban J connectivity index is 0. The Bertz CT molecular complexity index is 57.7. The van der Waals surface area contributed by atoms with E-state index in [0.717, 1.165) is 0 Å². The molecule has 1 heteroatoms. The van der Waals surface area contributed by atoms with Gasteiger partial charge in [-0.05, 0) is 27.3 Å². The minimum Gasteiger partial charge on any atom is -0.315 e. The maximum absolute atomic E-state index is 3.24. The molecule has 0 aromatic heterocycles. The Morgan fingerprint density at radius 2 is 1.60 bits per heavy atom. The van der Waals surface area contributed by atoms with E-state index in [1.165, 1.54) is 12.8 Å². The third kappa shape index (κ3) is 7.96. The van der Waals surface area contributed by atoms with Crippen LogP contribution >= 0.6 is 0 Å². The Labute approximate surface area is 66.2 Å². The molecule has 0 rings (SSSR count). The summed E-state index contributed by atoms with van der Waals surface area (Å²) in [5, 5.41) is 3.24. The van der Waals surface area contributed by atoms with Crippen molar-refractivity contribution < 1.29 is 0 Å². The minimum absolute atomic E-state index is 0.342. The maximum atomic E-state index is 3.24. The molecule has 0 aliphatic rings. The van der Waals surface area contributed by atoms with Crippen LogP contribution in [0.5, 0.6) is 0 Å². The highest BCUT2D eigenvalue weighted by atomic mass is 14.9. The summed E-state index contributed by atoms with van der Waals surface area (Å²) >= 11 is 0. The number of hydrogen-bond donors (Lipinski definition) is 1. The zero-order valence-corrected chi connectivity index (χ0v) is 8.41. The largest absolute Gasteiger partial charge is 0.315 e. The Hall–Kier alpha value is -0.0400. The van der Waals surface area contributed by atoms with Crippen molar-refractivity contribution in [1.82, 2.24) is 5.32 Å². The van der Waals surface area contributed by atoms with Crippen LogP contribution in [0.1, 0.15) is 47.5 Å². The molecule has 0 heterocycles. The van der Waals surface area contributed by atoms with Crippen molar-refractivity contribution in [3.05, 3.63) is 0 Å². The van der Waals surface area contributed by atoms with E-state index in [4.69, 9.17) is 0 Å². The lowest BCUT2D eigenvalue weighted by Gasteiger charge is -2.22. The Morgan fingerprint density at radius 3 is 1.70 bits per heavy atom. The van der Waals surface area contributed by atoms with E-state index in [1.54, 1.807) is 0 Å². The summed E-state index contributed by atoms with van der Waals surface area (Å²) in [5.74, 6) is 0. The van der Waals surface area contributed by atoms with E-state index < -0.39 is 0 Å². The van der Waals surface area contributed by atoms with Crippen LogP contribution in [-0.4, -0.2) is 12.6 Å². The molecule has 0 aromatic carbocycles. The van der Waals surface area contributed by atoms with Crippen LogP contribution in [0.3, 0.4) is 0 Å². The SMILES string of the molecule is CC.CCCC(C)(C)NC. The fourth-order valence-electron chi connectivity index (χ4n) is 0.750. The Kier molecular flexibility index (Phi) is 8.92. The van der Waals surface area contributed by atoms with Gasteiger partial charge in [0, 0.05) is 5.54 Å². The topological polar surface area (TPSA) is 12.0 Å². The normalized spacial score (nSPS) is 10.2. The third-order valence-electron chi connectivity index (χ3n) is 1.55. The maximum Gasteiger partial charge on any atom is 0.0122 e. The number of nitrogens with one attached hydrogen (secondary N) is 1. The number of hydrogen-bond acceptors (Lipinski definition) is 1. The van der Waals surface area contributed by atoms with E-state index in [2.05, 4.69) is 26.1 Å². The van der Waals surface area contributed by atoms with Crippen LogP contribution < -0.4 is 5.32 Å². The summed E-state index contributed by atoms with van der Waals surface area (Å²) in [4.78, 5) is 0. The van der Waals surface area contributed by atoms with Crippen LogP contribution in [0.15, 0.2) is 0 Å². The summed E-state index contributed by atoms with van der Waals surface area (Å²) in [5.41, 5.74) is 0.342. The molecule has 0 aliphatic carbocycles. The van der Waals surface area contributed by atoms with E-state index in [-0.39, 0.29) is 0 Å². The fraction of sp³-hybridized carbons (Fsp3) is 1.00. The van der Waals surface area contributed by atoms with Gasteiger partial charge in [-0.25, -0.2) is 0 Å². The van der Waals surface area contributed by atoms with Crippen molar-refractivity contribution in [2.24, 2.45) is 0 Å². The molecular formula is C9H23N. The molecule has 0 spiro atoms. The van der Waals surface area contributed by atoms with Crippen LogP contribution in [0.25, 0.3) is 0 Å². The van der Waals surface area contributed by atoms with Gasteiger partial charge in [0.05, 0.1) is 0 Å². The molecule has 0 saturated carbocycles. The second kappa shape index (κ2) is 7.07. The van der Waals surface area contributed by atoms with Crippen molar-refractivity contribution in [3.63, 3.8) is 0 Å². The van der Waals surface area contributed by atoms with Crippen molar-refractivity contribution in [3.8, 4) is 0 Å². The lowest BCUT2D eigenvalue weighted by atomic mass is 10.00. The molecule has 0 aliphatic heterocycles. The molecule has 1 nitrogen and oxygen atoms in total. The van der Waals surface area contributed by atoms with Crippen molar-refractivity contribution in [2.45, 2.75) is 53.0 Å². The van der Waals surface area contributed by atoms with Gasteiger partial charge in [-0.3, -0.25) is 0 Å². The first kappa shape index (κ1) is 12.6. The van der Waals surface area contributed by atoms with Crippen LogP contribution in [0.2, 0.25) is 0 Å². The standard InChI is InChI=1S/C7H17N.C2H6/c1-5-6-7(2,3)8-4;1-2/h8H,5-6H2,1-4H3;1-2H3. The first-order valence-electron chi connectivity index (χ1n) is 4.31. The fourth-order valence-corrected chi connectivity index (χ4v) is 0.750. The minimum atomic E-state index is 0.342. The molecule has 0 radical (unpaired) electrons. The van der Waals surface area contributed by atoms with Gasteiger partial charge in [0.15, 0.2) is 0 Å². The molecule has 0 atom stereocenters. The zero-order chi connectivity index (χ0) is 8.62. The van der Waals surface area contributed by atoms with Crippen LogP contribution in [0.4, 0.5) is 0 Å². The molecule has 0 aromatic rings. The van der Waals surface area contributed by atoms with Gasteiger partial charge in [-0.2, -0.15) is 0 Å². The lowest BCUT2D eigenvalue weighted by Crippen LogP contribution is -2.35. The smallest absolute Gasteiger partial charge is 0.0122 e. The quantitative estimate of drug-likeness (QED) is 0.644. The monoisotopic (exact) mass is 145 g/mol. The van der Waals surface area contributed by atoms with E-state index in [0.29, 0.717) is 5.54 Å². The average Bonchev–Trinajstić information content (AvgIpc) is 1.93. The molecule has 64 valence electrons.